The SMILES string of the molecule is CCCN(CC)CCNc1cc(OC)ccc1C#N. The van der Waals surface area contributed by atoms with Crippen molar-refractivity contribution in [3.05, 3.63) is 23.8 Å². The van der Waals surface area contributed by atoms with Crippen LogP contribution in [0.5, 0.6) is 5.75 Å². The van der Waals surface area contributed by atoms with Gasteiger partial charge in [0.05, 0.1) is 18.4 Å². The molecule has 0 spiro atoms. The number of hydrogen-bond acceptors (Lipinski definition) is 4. The molecule has 0 aliphatic rings. The molecule has 0 atom stereocenters. The number of ether oxygens (including phenoxy) is 1. The molecule has 0 unspecified atom stereocenters. The van der Waals surface area contributed by atoms with Gasteiger partial charge in [-0.25, -0.2) is 0 Å². The maximum atomic E-state index is 9.08. The molecule has 0 radical (unpaired) electrons. The first kappa shape index (κ1) is 15.3. The fourth-order valence-electron chi connectivity index (χ4n) is 1.99. The van der Waals surface area contributed by atoms with Gasteiger partial charge in [-0.2, -0.15) is 5.26 Å². The van der Waals surface area contributed by atoms with E-state index in [-0.39, 0.29) is 0 Å². The van der Waals surface area contributed by atoms with Gasteiger partial charge in [0, 0.05) is 19.2 Å². The van der Waals surface area contributed by atoms with Gasteiger partial charge in [-0.15, -0.1) is 0 Å². The van der Waals surface area contributed by atoms with Gasteiger partial charge >= 0.3 is 0 Å². The predicted molar refractivity (Wildman–Crippen MR) is 78.6 cm³/mol. The summed E-state index contributed by atoms with van der Waals surface area (Å²) in [6, 6.07) is 7.65. The Kier molecular flexibility index (Phi) is 6.76. The Labute approximate surface area is 116 Å². The number of methoxy groups -OCH3 is 1. The smallest absolute Gasteiger partial charge is 0.121 e. The number of nitrogens with one attached hydrogen (secondary N) is 1. The molecule has 1 aromatic rings. The van der Waals surface area contributed by atoms with Crippen molar-refractivity contribution in [2.24, 2.45) is 0 Å². The van der Waals surface area contributed by atoms with Crippen LogP contribution in [0.3, 0.4) is 0 Å². The topological polar surface area (TPSA) is 48.3 Å². The summed E-state index contributed by atoms with van der Waals surface area (Å²) >= 11 is 0. The molecule has 0 heterocycles. The number of likely N-dealkylation sites (N-methyl/N-ethyl adjacent to an activating group) is 1. The van der Waals surface area contributed by atoms with Crippen molar-refractivity contribution in [3.8, 4) is 11.8 Å². The maximum Gasteiger partial charge on any atom is 0.121 e. The Morgan fingerprint density at radius 1 is 1.32 bits per heavy atom. The van der Waals surface area contributed by atoms with E-state index in [4.69, 9.17) is 10.00 Å². The molecule has 0 saturated carbocycles. The summed E-state index contributed by atoms with van der Waals surface area (Å²) in [7, 11) is 1.63. The first-order valence-electron chi connectivity index (χ1n) is 6.79. The minimum absolute atomic E-state index is 0.652. The van der Waals surface area contributed by atoms with E-state index in [2.05, 4.69) is 30.1 Å². The van der Waals surface area contributed by atoms with Crippen LogP contribution in [0.2, 0.25) is 0 Å². The van der Waals surface area contributed by atoms with Gasteiger partial charge in [0.1, 0.15) is 11.8 Å². The standard InChI is InChI=1S/C15H23N3O/c1-4-9-18(5-2)10-8-17-15-11-14(19-3)7-6-13(15)12-16/h6-7,11,17H,4-5,8-10H2,1-3H3. The van der Waals surface area contributed by atoms with Crippen molar-refractivity contribution in [1.29, 1.82) is 5.26 Å². The summed E-state index contributed by atoms with van der Waals surface area (Å²) in [6.45, 7) is 8.33. The molecule has 0 amide bonds. The molecule has 1 rings (SSSR count). The molecule has 104 valence electrons. The fourth-order valence-corrected chi connectivity index (χ4v) is 1.99. The van der Waals surface area contributed by atoms with E-state index in [0.29, 0.717) is 5.56 Å². The molecule has 4 heteroatoms. The van der Waals surface area contributed by atoms with Gasteiger partial charge in [0.15, 0.2) is 0 Å². The first-order chi connectivity index (χ1) is 9.24. The van der Waals surface area contributed by atoms with Gasteiger partial charge in [-0.1, -0.05) is 13.8 Å². The number of nitriles is 1. The highest BCUT2D eigenvalue weighted by Gasteiger charge is 2.05. The van der Waals surface area contributed by atoms with Crippen LogP contribution in [0.1, 0.15) is 25.8 Å². The molecule has 0 bridgehead atoms. The van der Waals surface area contributed by atoms with Crippen molar-refractivity contribution in [2.75, 3.05) is 38.6 Å². The van der Waals surface area contributed by atoms with E-state index in [1.54, 1.807) is 19.2 Å². The number of nitrogens with zero attached hydrogens (tertiary/aromatic N) is 2. The van der Waals surface area contributed by atoms with Gasteiger partial charge in [-0.3, -0.25) is 0 Å². The molecule has 1 aromatic carbocycles. The lowest BCUT2D eigenvalue weighted by molar-refractivity contribution is 0.300. The monoisotopic (exact) mass is 261 g/mol. The Morgan fingerprint density at radius 2 is 2.11 bits per heavy atom. The summed E-state index contributed by atoms with van der Waals surface area (Å²) in [5.74, 6) is 0.766. The lowest BCUT2D eigenvalue weighted by Crippen LogP contribution is -2.29. The Morgan fingerprint density at radius 3 is 2.68 bits per heavy atom. The normalized spacial score (nSPS) is 10.3. The molecule has 19 heavy (non-hydrogen) atoms. The van der Waals surface area contributed by atoms with Crippen molar-refractivity contribution in [2.45, 2.75) is 20.3 Å². The molecular weight excluding hydrogens is 238 g/mol. The van der Waals surface area contributed by atoms with Crippen LogP contribution in [0, 0.1) is 11.3 Å². The molecule has 4 nitrogen and oxygen atoms in total. The van der Waals surface area contributed by atoms with E-state index in [1.807, 2.05) is 6.07 Å². The highest BCUT2D eigenvalue weighted by atomic mass is 16.5. The summed E-state index contributed by atoms with van der Waals surface area (Å²) in [5, 5.41) is 12.4. The zero-order chi connectivity index (χ0) is 14.1. The minimum Gasteiger partial charge on any atom is -0.497 e. The third-order valence-corrected chi connectivity index (χ3v) is 3.08. The molecule has 0 aromatic heterocycles. The second-order valence-electron chi connectivity index (χ2n) is 4.38. The van der Waals surface area contributed by atoms with Crippen molar-refractivity contribution in [1.82, 2.24) is 4.90 Å². The van der Waals surface area contributed by atoms with Gasteiger partial charge < -0.3 is 15.0 Å². The van der Waals surface area contributed by atoms with Crippen LogP contribution < -0.4 is 10.1 Å². The van der Waals surface area contributed by atoms with E-state index in [1.165, 1.54) is 0 Å². The van der Waals surface area contributed by atoms with E-state index in [9.17, 15) is 0 Å². The van der Waals surface area contributed by atoms with Crippen molar-refractivity contribution >= 4 is 5.69 Å². The number of rotatable bonds is 8. The van der Waals surface area contributed by atoms with E-state index >= 15 is 0 Å². The molecule has 0 fully saturated rings. The predicted octanol–water partition coefficient (Wildman–Crippen LogP) is 2.71. The zero-order valence-corrected chi connectivity index (χ0v) is 12.1. The van der Waals surface area contributed by atoms with E-state index in [0.717, 1.165) is 44.0 Å². The Hall–Kier alpha value is -1.73. The van der Waals surface area contributed by atoms with Crippen LogP contribution in [-0.2, 0) is 0 Å². The summed E-state index contributed by atoms with van der Waals surface area (Å²) < 4.78 is 5.18. The largest absolute Gasteiger partial charge is 0.497 e. The third kappa shape index (κ3) is 4.80. The first-order valence-corrected chi connectivity index (χ1v) is 6.79. The quantitative estimate of drug-likeness (QED) is 0.781. The van der Waals surface area contributed by atoms with Gasteiger partial charge in [0.2, 0.25) is 0 Å². The highest BCUT2D eigenvalue weighted by molar-refractivity contribution is 5.60. The number of hydrogen-bond donors (Lipinski definition) is 1. The van der Waals surface area contributed by atoms with Crippen LogP contribution in [-0.4, -0.2) is 38.2 Å². The van der Waals surface area contributed by atoms with E-state index < -0.39 is 0 Å². The average Bonchev–Trinajstić information content (AvgIpc) is 2.46. The fraction of sp³-hybridized carbons (Fsp3) is 0.533. The van der Waals surface area contributed by atoms with Crippen LogP contribution >= 0.6 is 0 Å². The number of benzene rings is 1. The summed E-state index contributed by atoms with van der Waals surface area (Å²) in [6.07, 6.45) is 1.16. The lowest BCUT2D eigenvalue weighted by atomic mass is 10.2. The molecule has 1 N–H and O–H groups in total. The van der Waals surface area contributed by atoms with Crippen molar-refractivity contribution in [3.63, 3.8) is 0 Å². The summed E-state index contributed by atoms with van der Waals surface area (Å²) in [4.78, 5) is 2.39. The van der Waals surface area contributed by atoms with Gasteiger partial charge in [0.25, 0.3) is 0 Å². The lowest BCUT2D eigenvalue weighted by Gasteiger charge is -2.20. The van der Waals surface area contributed by atoms with Crippen LogP contribution in [0.4, 0.5) is 5.69 Å². The van der Waals surface area contributed by atoms with Crippen LogP contribution in [0.15, 0.2) is 18.2 Å². The second-order valence-corrected chi connectivity index (χ2v) is 4.38. The molecule has 0 saturated heterocycles. The van der Waals surface area contributed by atoms with Gasteiger partial charge in [-0.05, 0) is 31.6 Å². The third-order valence-electron chi connectivity index (χ3n) is 3.08. The molecular formula is C15H23N3O. The average molecular weight is 261 g/mol. The molecule has 0 aliphatic heterocycles. The highest BCUT2D eigenvalue weighted by Crippen LogP contribution is 2.21. The second kappa shape index (κ2) is 8.39. The molecule has 0 aliphatic carbocycles. The number of anilines is 1. The Balaban J connectivity index is 2.59. The minimum atomic E-state index is 0.652. The Bertz CT molecular complexity index is 426. The summed E-state index contributed by atoms with van der Waals surface area (Å²) in [5.41, 5.74) is 1.49. The van der Waals surface area contributed by atoms with Crippen molar-refractivity contribution < 1.29 is 4.74 Å². The maximum absolute atomic E-state index is 9.08. The zero-order valence-electron chi connectivity index (χ0n) is 12.1. The van der Waals surface area contributed by atoms with Crippen LogP contribution in [0.25, 0.3) is 0 Å².